The zero-order valence-electron chi connectivity index (χ0n) is 9.01. The van der Waals surface area contributed by atoms with Crippen LogP contribution in [0.1, 0.15) is 6.42 Å². The molecule has 1 atom stereocenters. The maximum absolute atomic E-state index is 13.5. The van der Waals surface area contributed by atoms with Gasteiger partial charge in [-0.2, -0.15) is 4.31 Å². The van der Waals surface area contributed by atoms with Gasteiger partial charge in [0.15, 0.2) is 0 Å². The highest BCUT2D eigenvalue weighted by molar-refractivity contribution is 7.89. The van der Waals surface area contributed by atoms with Crippen molar-refractivity contribution >= 4 is 15.7 Å². The van der Waals surface area contributed by atoms with E-state index in [0.29, 0.717) is 6.42 Å². The monoisotopic (exact) mass is 260 g/mol. The molecular weight excluding hydrogens is 247 g/mol. The van der Waals surface area contributed by atoms with E-state index in [0.717, 1.165) is 16.4 Å². The first-order valence-electron chi connectivity index (χ1n) is 5.14. The molecule has 0 bridgehead atoms. The minimum absolute atomic E-state index is 0.00340. The number of rotatable bonds is 2. The molecule has 0 saturated carbocycles. The Balaban J connectivity index is 2.41. The van der Waals surface area contributed by atoms with E-state index < -0.39 is 26.8 Å². The van der Waals surface area contributed by atoms with Crippen LogP contribution in [-0.4, -0.2) is 37.0 Å². The quantitative estimate of drug-likeness (QED) is 0.742. The third-order valence-corrected chi connectivity index (χ3v) is 4.58. The smallest absolute Gasteiger partial charge is 0.246 e. The maximum atomic E-state index is 13.5. The molecule has 1 aliphatic heterocycles. The highest BCUT2D eigenvalue weighted by Crippen LogP contribution is 2.24. The van der Waals surface area contributed by atoms with E-state index in [1.165, 1.54) is 6.07 Å². The number of nitrogens with zero attached hydrogens (tertiary/aromatic N) is 1. The molecule has 7 heteroatoms. The number of β-amino-alcohol motifs (C(OH)–C–C–N with tert-alkyl or cyclic N) is 1. The van der Waals surface area contributed by atoms with Gasteiger partial charge in [0.05, 0.1) is 6.10 Å². The molecule has 5 nitrogen and oxygen atoms in total. The third-order valence-electron chi connectivity index (χ3n) is 2.70. The minimum Gasteiger partial charge on any atom is -0.399 e. The van der Waals surface area contributed by atoms with Crippen molar-refractivity contribution < 1.29 is 17.9 Å². The Morgan fingerprint density at radius 1 is 1.47 bits per heavy atom. The summed E-state index contributed by atoms with van der Waals surface area (Å²) in [7, 11) is -3.91. The summed E-state index contributed by atoms with van der Waals surface area (Å²) >= 11 is 0. The van der Waals surface area contributed by atoms with Crippen LogP contribution in [0, 0.1) is 5.82 Å². The molecule has 0 amide bonds. The number of halogens is 1. The molecule has 17 heavy (non-hydrogen) atoms. The van der Waals surface area contributed by atoms with Crippen molar-refractivity contribution in [2.45, 2.75) is 17.4 Å². The highest BCUT2D eigenvalue weighted by Gasteiger charge is 2.33. The summed E-state index contributed by atoms with van der Waals surface area (Å²) in [6.07, 6.45) is -0.322. The molecule has 1 heterocycles. The largest absolute Gasteiger partial charge is 0.399 e. The van der Waals surface area contributed by atoms with Gasteiger partial charge < -0.3 is 10.8 Å². The van der Waals surface area contributed by atoms with Gasteiger partial charge in [-0.15, -0.1) is 0 Å². The number of aliphatic hydroxyl groups is 1. The van der Waals surface area contributed by atoms with E-state index in [4.69, 9.17) is 5.73 Å². The summed E-state index contributed by atoms with van der Waals surface area (Å²) in [4.78, 5) is -0.438. The van der Waals surface area contributed by atoms with Crippen LogP contribution in [0.5, 0.6) is 0 Å². The SMILES string of the molecule is Nc1ccc(F)c(S(=O)(=O)N2CC[C@H](O)C2)c1. The summed E-state index contributed by atoms with van der Waals surface area (Å²) < 4.78 is 38.7. The summed E-state index contributed by atoms with van der Waals surface area (Å²) in [6.45, 7) is 0.189. The molecule has 1 fully saturated rings. The van der Waals surface area contributed by atoms with Gasteiger partial charge in [0.1, 0.15) is 10.7 Å². The number of nitrogens with two attached hydrogens (primary N) is 1. The van der Waals surface area contributed by atoms with E-state index in [-0.39, 0.29) is 18.8 Å². The van der Waals surface area contributed by atoms with Crippen molar-refractivity contribution in [3.05, 3.63) is 24.0 Å². The fraction of sp³-hybridized carbons (Fsp3) is 0.400. The fourth-order valence-electron chi connectivity index (χ4n) is 1.79. The maximum Gasteiger partial charge on any atom is 0.246 e. The number of benzene rings is 1. The average molecular weight is 260 g/mol. The number of hydrogen-bond acceptors (Lipinski definition) is 4. The minimum atomic E-state index is -3.91. The van der Waals surface area contributed by atoms with Crippen LogP contribution in [-0.2, 0) is 10.0 Å². The van der Waals surface area contributed by atoms with Gasteiger partial charge in [0.2, 0.25) is 10.0 Å². The van der Waals surface area contributed by atoms with Gasteiger partial charge in [-0.25, -0.2) is 12.8 Å². The molecule has 0 aromatic heterocycles. The Kier molecular flexibility index (Phi) is 3.07. The van der Waals surface area contributed by atoms with Crippen molar-refractivity contribution in [1.82, 2.24) is 4.31 Å². The lowest BCUT2D eigenvalue weighted by atomic mass is 10.3. The van der Waals surface area contributed by atoms with Crippen LogP contribution in [0.3, 0.4) is 0 Å². The van der Waals surface area contributed by atoms with E-state index in [1.54, 1.807) is 0 Å². The number of nitrogen functional groups attached to an aromatic ring is 1. The Hall–Kier alpha value is -1.18. The number of hydrogen-bond donors (Lipinski definition) is 2. The molecule has 1 aromatic rings. The van der Waals surface area contributed by atoms with Crippen LogP contribution >= 0.6 is 0 Å². The zero-order valence-corrected chi connectivity index (χ0v) is 9.82. The average Bonchev–Trinajstić information content (AvgIpc) is 2.69. The standard InChI is InChI=1S/C10H13FN2O3S/c11-9-2-1-7(12)5-10(9)17(15,16)13-4-3-8(14)6-13/h1-2,5,8,14H,3-4,6,12H2/t8-/m0/s1. The topological polar surface area (TPSA) is 83.6 Å². The lowest BCUT2D eigenvalue weighted by Crippen LogP contribution is -2.30. The van der Waals surface area contributed by atoms with E-state index in [1.807, 2.05) is 0 Å². The van der Waals surface area contributed by atoms with Crippen molar-refractivity contribution in [3.63, 3.8) is 0 Å². The second-order valence-corrected chi connectivity index (χ2v) is 5.90. The first-order chi connectivity index (χ1) is 7.91. The molecular formula is C10H13FN2O3S. The van der Waals surface area contributed by atoms with Crippen molar-refractivity contribution in [2.24, 2.45) is 0 Å². The second-order valence-electron chi connectivity index (χ2n) is 4.00. The van der Waals surface area contributed by atoms with Crippen LogP contribution in [0.4, 0.5) is 10.1 Å². The number of aliphatic hydroxyl groups excluding tert-OH is 1. The number of anilines is 1. The zero-order chi connectivity index (χ0) is 12.6. The van der Waals surface area contributed by atoms with Gasteiger partial charge in [-0.1, -0.05) is 0 Å². The van der Waals surface area contributed by atoms with Crippen LogP contribution < -0.4 is 5.73 Å². The molecule has 0 unspecified atom stereocenters. The Morgan fingerprint density at radius 2 is 2.18 bits per heavy atom. The normalized spacial score (nSPS) is 21.9. The Morgan fingerprint density at radius 3 is 2.76 bits per heavy atom. The van der Waals surface area contributed by atoms with E-state index in [2.05, 4.69) is 0 Å². The predicted molar refractivity (Wildman–Crippen MR) is 60.2 cm³/mol. The first-order valence-corrected chi connectivity index (χ1v) is 6.58. The van der Waals surface area contributed by atoms with Crippen molar-refractivity contribution in [2.75, 3.05) is 18.8 Å². The Bertz CT molecular complexity index is 532. The molecule has 0 radical (unpaired) electrons. The van der Waals surface area contributed by atoms with Crippen LogP contribution in [0.25, 0.3) is 0 Å². The van der Waals surface area contributed by atoms with Crippen LogP contribution in [0.15, 0.2) is 23.1 Å². The summed E-state index contributed by atoms with van der Waals surface area (Å²) in [6, 6.07) is 3.41. The lowest BCUT2D eigenvalue weighted by Gasteiger charge is -2.16. The molecule has 94 valence electrons. The molecule has 2 rings (SSSR count). The highest BCUT2D eigenvalue weighted by atomic mass is 32.2. The molecule has 3 N–H and O–H groups in total. The van der Waals surface area contributed by atoms with Gasteiger partial charge >= 0.3 is 0 Å². The fourth-order valence-corrected chi connectivity index (χ4v) is 3.38. The summed E-state index contributed by atoms with van der Waals surface area (Å²) in [5.74, 6) is -0.833. The lowest BCUT2D eigenvalue weighted by molar-refractivity contribution is 0.189. The first kappa shape index (κ1) is 12.3. The van der Waals surface area contributed by atoms with Crippen molar-refractivity contribution in [3.8, 4) is 0 Å². The molecule has 0 aliphatic carbocycles. The molecule has 1 saturated heterocycles. The molecule has 0 spiro atoms. The van der Waals surface area contributed by atoms with Crippen molar-refractivity contribution in [1.29, 1.82) is 0 Å². The molecule has 1 aromatic carbocycles. The summed E-state index contributed by atoms with van der Waals surface area (Å²) in [5, 5.41) is 9.31. The second kappa shape index (κ2) is 4.25. The number of sulfonamides is 1. The third kappa shape index (κ3) is 2.26. The van der Waals surface area contributed by atoms with Gasteiger partial charge in [-0.05, 0) is 24.6 Å². The van der Waals surface area contributed by atoms with Gasteiger partial charge in [0, 0.05) is 18.8 Å². The van der Waals surface area contributed by atoms with Gasteiger partial charge in [-0.3, -0.25) is 0 Å². The van der Waals surface area contributed by atoms with E-state index in [9.17, 15) is 17.9 Å². The summed E-state index contributed by atoms with van der Waals surface area (Å²) in [5.41, 5.74) is 5.64. The predicted octanol–water partition coefficient (Wildman–Crippen LogP) is 0.163. The van der Waals surface area contributed by atoms with Crippen LogP contribution in [0.2, 0.25) is 0 Å². The Labute approximate surface area is 98.7 Å². The van der Waals surface area contributed by atoms with E-state index >= 15 is 0 Å². The van der Waals surface area contributed by atoms with Gasteiger partial charge in [0.25, 0.3) is 0 Å². The molecule has 1 aliphatic rings.